The minimum absolute atomic E-state index is 0.0000143. The molecule has 0 bridgehead atoms. The van der Waals surface area contributed by atoms with Gasteiger partial charge in [-0.05, 0) is 49.2 Å². The van der Waals surface area contributed by atoms with Gasteiger partial charge in [-0.15, -0.1) is 6.42 Å². The first-order valence-electron chi connectivity index (χ1n) is 10.7. The van der Waals surface area contributed by atoms with Crippen LogP contribution in [0.2, 0.25) is 0 Å². The van der Waals surface area contributed by atoms with Crippen molar-refractivity contribution in [1.82, 2.24) is 8.87 Å². The van der Waals surface area contributed by atoms with Crippen molar-refractivity contribution < 1.29 is 17.6 Å². The Kier molecular flexibility index (Phi) is 6.79. The molecule has 0 saturated heterocycles. The van der Waals surface area contributed by atoms with Gasteiger partial charge in [-0.1, -0.05) is 42.6 Å². The summed E-state index contributed by atoms with van der Waals surface area (Å²) in [5.41, 5.74) is 0.540. The largest absolute Gasteiger partial charge is 0.302 e. The van der Waals surface area contributed by atoms with Crippen LogP contribution in [-0.4, -0.2) is 36.3 Å². The van der Waals surface area contributed by atoms with E-state index in [1.54, 1.807) is 19.2 Å². The van der Waals surface area contributed by atoms with Gasteiger partial charge >= 0.3 is 0 Å². The van der Waals surface area contributed by atoms with Crippen molar-refractivity contribution in [3.63, 3.8) is 0 Å². The summed E-state index contributed by atoms with van der Waals surface area (Å²) in [4.78, 5) is 17.4. The maximum Gasteiger partial charge on any atom is 0.279 e. The van der Waals surface area contributed by atoms with Crippen molar-refractivity contribution in [2.45, 2.75) is 49.6 Å². The zero-order chi connectivity index (χ0) is 23.6. The molecule has 3 aromatic rings. The number of terminal acetylenes is 1. The van der Waals surface area contributed by atoms with Gasteiger partial charge in [0.1, 0.15) is 5.82 Å². The molecule has 1 aliphatic carbocycles. The Morgan fingerprint density at radius 1 is 1.21 bits per heavy atom. The van der Waals surface area contributed by atoms with Crippen LogP contribution in [0.15, 0.2) is 52.4 Å². The molecule has 1 heterocycles. The fourth-order valence-electron chi connectivity index (χ4n) is 4.14. The van der Waals surface area contributed by atoms with Gasteiger partial charge in [0.25, 0.3) is 5.91 Å². The number of halogens is 1. The van der Waals surface area contributed by atoms with Crippen LogP contribution in [0.25, 0.3) is 10.2 Å². The molecule has 1 aromatic heterocycles. The smallest absolute Gasteiger partial charge is 0.279 e. The topological polar surface area (TPSA) is 71.7 Å². The highest BCUT2D eigenvalue weighted by atomic mass is 32.2. The molecule has 0 atom stereocenters. The third-order valence-electron chi connectivity index (χ3n) is 5.97. The van der Waals surface area contributed by atoms with E-state index in [9.17, 15) is 17.6 Å². The molecule has 0 radical (unpaired) electrons. The first kappa shape index (κ1) is 23.4. The molecule has 1 saturated carbocycles. The van der Waals surface area contributed by atoms with Crippen LogP contribution in [0.3, 0.4) is 0 Å². The molecule has 4 rings (SSSR count). The van der Waals surface area contributed by atoms with Crippen molar-refractivity contribution in [1.29, 1.82) is 0 Å². The number of nitrogens with zero attached hydrogens (tertiary/aromatic N) is 3. The van der Waals surface area contributed by atoms with Crippen LogP contribution in [0.4, 0.5) is 4.39 Å². The van der Waals surface area contributed by atoms with Crippen molar-refractivity contribution in [2.75, 3.05) is 7.05 Å². The lowest BCUT2D eigenvalue weighted by Crippen LogP contribution is -2.38. The third kappa shape index (κ3) is 4.64. The van der Waals surface area contributed by atoms with E-state index in [0.717, 1.165) is 32.1 Å². The van der Waals surface area contributed by atoms with Gasteiger partial charge in [0, 0.05) is 18.7 Å². The summed E-state index contributed by atoms with van der Waals surface area (Å²) in [5.74, 6) is 1.47. The summed E-state index contributed by atoms with van der Waals surface area (Å²) in [6.07, 6.45) is 10.3. The Labute approximate surface area is 196 Å². The number of carbonyl (C=O) groups excluding carboxylic acids is 1. The number of rotatable bonds is 5. The summed E-state index contributed by atoms with van der Waals surface area (Å²) in [7, 11) is -2.03. The van der Waals surface area contributed by atoms with Gasteiger partial charge in [-0.2, -0.15) is 9.30 Å². The van der Waals surface area contributed by atoms with Gasteiger partial charge in [-0.25, -0.2) is 12.8 Å². The summed E-state index contributed by atoms with van der Waals surface area (Å²) in [6.45, 7) is 0.0672. The molecule has 9 heteroatoms. The summed E-state index contributed by atoms with van der Waals surface area (Å²) >= 11 is 1.17. The molecule has 6 nitrogen and oxygen atoms in total. The highest BCUT2D eigenvalue weighted by Crippen LogP contribution is 2.26. The molecule has 0 unspecified atom stereocenters. The van der Waals surface area contributed by atoms with Gasteiger partial charge in [0.2, 0.25) is 10.0 Å². The van der Waals surface area contributed by atoms with Crippen molar-refractivity contribution >= 4 is 37.5 Å². The van der Waals surface area contributed by atoms with Gasteiger partial charge in [0.15, 0.2) is 4.80 Å². The van der Waals surface area contributed by atoms with E-state index < -0.39 is 21.7 Å². The van der Waals surface area contributed by atoms with Crippen LogP contribution in [0.1, 0.15) is 42.5 Å². The normalized spacial score (nSPS) is 15.8. The second kappa shape index (κ2) is 9.59. The van der Waals surface area contributed by atoms with Gasteiger partial charge in [-0.3, -0.25) is 4.79 Å². The Bertz CT molecular complexity index is 1390. The SMILES string of the molecule is C#CCn1c(=NC(=O)c2ccc(S(=O)(=O)N(C)C3CCCCC3)cc2)sc2cccc(F)c21. The highest BCUT2D eigenvalue weighted by molar-refractivity contribution is 7.89. The van der Waals surface area contributed by atoms with E-state index >= 15 is 0 Å². The second-order valence-electron chi connectivity index (χ2n) is 8.02. The second-order valence-corrected chi connectivity index (χ2v) is 11.0. The number of thiazole rings is 1. The van der Waals surface area contributed by atoms with Crippen molar-refractivity contribution in [3.8, 4) is 12.3 Å². The maximum atomic E-state index is 14.3. The minimum atomic E-state index is -3.65. The van der Waals surface area contributed by atoms with Gasteiger partial charge in [0.05, 0.1) is 21.7 Å². The van der Waals surface area contributed by atoms with Gasteiger partial charge < -0.3 is 4.57 Å². The zero-order valence-electron chi connectivity index (χ0n) is 18.2. The Morgan fingerprint density at radius 2 is 1.91 bits per heavy atom. The van der Waals surface area contributed by atoms with E-state index in [0.29, 0.717) is 10.2 Å². The average Bonchev–Trinajstić information content (AvgIpc) is 3.17. The van der Waals surface area contributed by atoms with Crippen molar-refractivity contribution in [2.24, 2.45) is 4.99 Å². The van der Waals surface area contributed by atoms with E-state index in [1.165, 1.54) is 50.5 Å². The molecule has 0 N–H and O–H groups in total. The number of hydrogen-bond donors (Lipinski definition) is 0. The lowest BCUT2D eigenvalue weighted by molar-refractivity contribution is 0.0997. The van der Waals surface area contributed by atoms with Crippen LogP contribution in [0, 0.1) is 18.2 Å². The predicted octanol–water partition coefficient (Wildman–Crippen LogP) is 4.17. The van der Waals surface area contributed by atoms with E-state index in [-0.39, 0.29) is 27.8 Å². The zero-order valence-corrected chi connectivity index (χ0v) is 19.8. The number of benzene rings is 2. The Balaban J connectivity index is 1.63. The molecule has 33 heavy (non-hydrogen) atoms. The molecule has 1 amide bonds. The number of amides is 1. The molecule has 172 valence electrons. The molecular formula is C24H24FN3O3S2. The van der Waals surface area contributed by atoms with E-state index in [4.69, 9.17) is 6.42 Å². The number of hydrogen-bond acceptors (Lipinski definition) is 4. The first-order chi connectivity index (χ1) is 15.8. The fourth-order valence-corrected chi connectivity index (χ4v) is 6.60. The van der Waals surface area contributed by atoms with Crippen LogP contribution in [-0.2, 0) is 16.6 Å². The average molecular weight is 486 g/mol. The number of fused-ring (bicyclic) bond motifs is 1. The fraction of sp³-hybridized carbons (Fsp3) is 0.333. The molecule has 1 fully saturated rings. The highest BCUT2D eigenvalue weighted by Gasteiger charge is 2.29. The summed E-state index contributed by atoms with van der Waals surface area (Å²) in [6, 6.07) is 10.4. The number of sulfonamides is 1. The Morgan fingerprint density at radius 3 is 2.58 bits per heavy atom. The van der Waals surface area contributed by atoms with Crippen LogP contribution >= 0.6 is 11.3 Å². The van der Waals surface area contributed by atoms with Crippen LogP contribution < -0.4 is 4.80 Å². The number of para-hydroxylation sites is 1. The molecule has 0 aliphatic heterocycles. The van der Waals surface area contributed by atoms with Crippen LogP contribution in [0.5, 0.6) is 0 Å². The molecule has 0 spiro atoms. The van der Waals surface area contributed by atoms with E-state index in [2.05, 4.69) is 10.9 Å². The maximum absolute atomic E-state index is 14.3. The van der Waals surface area contributed by atoms with Crippen molar-refractivity contribution in [3.05, 3.63) is 58.6 Å². The monoisotopic (exact) mass is 485 g/mol. The van der Waals surface area contributed by atoms with E-state index in [1.807, 2.05) is 0 Å². The number of aromatic nitrogens is 1. The molecule has 2 aromatic carbocycles. The predicted molar refractivity (Wildman–Crippen MR) is 127 cm³/mol. The first-order valence-corrected chi connectivity index (χ1v) is 13.0. The molecule has 1 aliphatic rings. The molecular weight excluding hydrogens is 461 g/mol. The quantitative estimate of drug-likeness (QED) is 0.509. The lowest BCUT2D eigenvalue weighted by atomic mass is 9.96. The standard InChI is InChI=1S/C24H24FN3O3S2/c1-3-16-28-22-20(25)10-7-11-21(22)32-24(28)26-23(29)17-12-14-19(15-13-17)33(30,31)27(2)18-8-5-4-6-9-18/h1,7,10-15,18H,4-6,8-9,16H2,2H3. The Hall–Kier alpha value is -2.80. The third-order valence-corrected chi connectivity index (χ3v) is 8.93. The number of carbonyl (C=O) groups is 1. The summed E-state index contributed by atoms with van der Waals surface area (Å²) < 4.78 is 43.9. The minimum Gasteiger partial charge on any atom is -0.302 e. The lowest BCUT2D eigenvalue weighted by Gasteiger charge is -2.30. The summed E-state index contributed by atoms with van der Waals surface area (Å²) in [5, 5.41) is 0.